The number of aromatic amines is 1. The second-order valence-electron chi connectivity index (χ2n) is 18.0. The van der Waals surface area contributed by atoms with Crippen molar-refractivity contribution in [2.75, 3.05) is 79.5 Å². The number of fused-ring (bicyclic) bond motifs is 2. The SMILES string of the molecule is Cc1nc2cccc(N3CC(CCN4CCN(c5ccc(C(=O)Nc6n[nH]c7ccc(Cc8cc(F)cc(F)c8)cc67)c(NC6CCOCC6)c5)CC4)C3)c2c(=O)n1C1CCC(=O)NC1=O. The van der Waals surface area contributed by atoms with Crippen LogP contribution in [0.2, 0.25) is 0 Å². The maximum atomic E-state index is 14.1. The van der Waals surface area contributed by atoms with Gasteiger partial charge in [-0.25, -0.2) is 13.8 Å². The maximum absolute atomic E-state index is 14.1. The first kappa shape index (κ1) is 43.2. The number of H-pyrrole nitrogens is 1. The van der Waals surface area contributed by atoms with Gasteiger partial charge in [-0.05, 0) is 117 Å². The van der Waals surface area contributed by atoms with Crippen LogP contribution in [0.4, 0.5) is 31.7 Å². The van der Waals surface area contributed by atoms with E-state index in [0.717, 1.165) is 99.3 Å². The summed E-state index contributed by atoms with van der Waals surface area (Å²) in [5.41, 5.74) is 5.49. The molecule has 1 atom stereocenters. The molecule has 0 saturated carbocycles. The zero-order valence-electron chi connectivity index (χ0n) is 36.7. The van der Waals surface area contributed by atoms with E-state index in [1.54, 1.807) is 6.92 Å². The highest BCUT2D eigenvalue weighted by atomic mass is 19.1. The van der Waals surface area contributed by atoms with Gasteiger partial charge in [-0.2, -0.15) is 5.10 Å². The molecule has 15 nitrogen and oxygen atoms in total. The van der Waals surface area contributed by atoms with Crippen molar-refractivity contribution in [3.8, 4) is 0 Å². The molecule has 66 heavy (non-hydrogen) atoms. The molecule has 4 aliphatic rings. The molecule has 6 heterocycles. The number of nitrogens with zero attached hydrogens (tertiary/aromatic N) is 6. The number of aryl methyl sites for hydroxylation is 1. The van der Waals surface area contributed by atoms with E-state index in [4.69, 9.17) is 9.72 Å². The normalized spacial score (nSPS) is 18.7. The number of hydrogen-bond acceptors (Lipinski definition) is 11. The van der Waals surface area contributed by atoms with Crippen molar-refractivity contribution in [3.05, 3.63) is 117 Å². The molecule has 0 radical (unpaired) electrons. The number of carbonyl (C=O) groups is 3. The number of halogens is 2. The number of amides is 3. The van der Waals surface area contributed by atoms with Crippen LogP contribution in [0.5, 0.6) is 0 Å². The van der Waals surface area contributed by atoms with Crippen molar-refractivity contribution in [2.24, 2.45) is 5.92 Å². The Hall–Kier alpha value is -6.72. The van der Waals surface area contributed by atoms with Crippen molar-refractivity contribution >= 4 is 62.4 Å². The Balaban J connectivity index is 0.771. The fraction of sp³-hybridized carbons (Fsp3) is 0.388. The van der Waals surface area contributed by atoms with E-state index in [2.05, 4.69) is 46.9 Å². The molecule has 2 aromatic heterocycles. The number of nitrogens with one attached hydrogen (secondary N) is 4. The topological polar surface area (TPSA) is 170 Å². The fourth-order valence-electron chi connectivity index (χ4n) is 9.94. The Labute approximate surface area is 379 Å². The largest absolute Gasteiger partial charge is 0.381 e. The van der Waals surface area contributed by atoms with Crippen molar-refractivity contribution in [3.63, 3.8) is 0 Å². The smallest absolute Gasteiger partial charge is 0.264 e. The lowest BCUT2D eigenvalue weighted by Crippen LogP contribution is -2.50. The predicted octanol–water partition coefficient (Wildman–Crippen LogP) is 5.92. The Bertz CT molecular complexity index is 2880. The highest BCUT2D eigenvalue weighted by Crippen LogP contribution is 2.33. The molecular weight excluding hydrogens is 847 g/mol. The summed E-state index contributed by atoms with van der Waals surface area (Å²) in [5.74, 6) is -1.07. The summed E-state index contributed by atoms with van der Waals surface area (Å²) in [6, 6.07) is 20.1. The first-order chi connectivity index (χ1) is 32.0. The van der Waals surface area contributed by atoms with Crippen LogP contribution in [0, 0.1) is 24.5 Å². The number of imide groups is 1. The fourth-order valence-corrected chi connectivity index (χ4v) is 9.94. The standard InChI is InChI=1S/C49H52F2N10O5/c1-29-52-40-3-2-4-42(45(40)49(65)61(29)43-9-10-44(62)54-48(43)64)60-27-31(28-60)11-14-58-15-17-59(18-16-58)36-6-7-37(41(26-36)53-35-12-19-66-20-13-35)47(63)55-46-38-24-30(5-8-39(38)56-57-46)21-32-22-33(50)25-34(51)23-32/h2-8,22-26,31,35,43,53H,9-21,27-28H2,1H3,(H,54,62,64)(H2,55,56,57,63). The van der Waals surface area contributed by atoms with Gasteiger partial charge in [0, 0.05) is 87.8 Å². The van der Waals surface area contributed by atoms with Gasteiger partial charge in [0.25, 0.3) is 11.5 Å². The third-order valence-corrected chi connectivity index (χ3v) is 13.5. The molecule has 4 N–H and O–H groups in total. The number of ether oxygens (including phenoxy) is 1. The molecule has 0 spiro atoms. The molecular formula is C49H52F2N10O5. The van der Waals surface area contributed by atoms with Crippen LogP contribution in [-0.2, 0) is 20.7 Å². The number of anilines is 4. The van der Waals surface area contributed by atoms with E-state index in [9.17, 15) is 28.0 Å². The second kappa shape index (κ2) is 18.3. The van der Waals surface area contributed by atoms with Crippen LogP contribution in [0.25, 0.3) is 21.8 Å². The Morgan fingerprint density at radius 2 is 1.67 bits per heavy atom. The Morgan fingerprint density at radius 1 is 0.879 bits per heavy atom. The minimum atomic E-state index is -0.769. The summed E-state index contributed by atoms with van der Waals surface area (Å²) in [4.78, 5) is 64.4. The van der Waals surface area contributed by atoms with E-state index in [1.165, 1.54) is 16.7 Å². The molecule has 10 rings (SSSR count). The minimum absolute atomic E-state index is 0.152. The van der Waals surface area contributed by atoms with Gasteiger partial charge in [-0.15, -0.1) is 0 Å². The van der Waals surface area contributed by atoms with Crippen molar-refractivity contribution < 1.29 is 27.9 Å². The second-order valence-corrected chi connectivity index (χ2v) is 18.0. The number of aromatic nitrogens is 4. The van der Waals surface area contributed by atoms with E-state index in [0.29, 0.717) is 64.6 Å². The summed E-state index contributed by atoms with van der Waals surface area (Å²) >= 11 is 0. The molecule has 0 aliphatic carbocycles. The third kappa shape index (κ3) is 8.96. The molecule has 4 aromatic carbocycles. The highest BCUT2D eigenvalue weighted by Gasteiger charge is 2.33. The lowest BCUT2D eigenvalue weighted by Gasteiger charge is -2.43. The predicted molar refractivity (Wildman–Crippen MR) is 248 cm³/mol. The van der Waals surface area contributed by atoms with Crippen LogP contribution >= 0.6 is 0 Å². The molecule has 342 valence electrons. The summed E-state index contributed by atoms with van der Waals surface area (Å²) in [5, 5.41) is 17.6. The zero-order chi connectivity index (χ0) is 45.5. The molecule has 1 unspecified atom stereocenters. The number of benzene rings is 4. The molecule has 4 saturated heterocycles. The van der Waals surface area contributed by atoms with E-state index >= 15 is 0 Å². The van der Waals surface area contributed by atoms with Gasteiger partial charge < -0.3 is 25.2 Å². The monoisotopic (exact) mass is 898 g/mol. The van der Waals surface area contributed by atoms with Gasteiger partial charge in [0.15, 0.2) is 5.82 Å². The van der Waals surface area contributed by atoms with Crippen LogP contribution in [0.3, 0.4) is 0 Å². The summed E-state index contributed by atoms with van der Waals surface area (Å²) in [6.45, 7) is 9.12. The number of piperazine rings is 1. The molecule has 4 aliphatic heterocycles. The number of hydrogen-bond donors (Lipinski definition) is 4. The number of piperidine rings is 1. The number of carbonyl (C=O) groups excluding carboxylic acids is 3. The van der Waals surface area contributed by atoms with Gasteiger partial charge in [0.05, 0.1) is 27.7 Å². The lowest BCUT2D eigenvalue weighted by atomic mass is 9.94. The summed E-state index contributed by atoms with van der Waals surface area (Å²) in [7, 11) is 0. The average molecular weight is 899 g/mol. The van der Waals surface area contributed by atoms with E-state index in [1.807, 2.05) is 48.5 Å². The van der Waals surface area contributed by atoms with Crippen molar-refractivity contribution in [1.82, 2.24) is 30.0 Å². The highest BCUT2D eigenvalue weighted by molar-refractivity contribution is 6.11. The third-order valence-electron chi connectivity index (χ3n) is 13.5. The maximum Gasteiger partial charge on any atom is 0.264 e. The van der Waals surface area contributed by atoms with Crippen LogP contribution in [0.1, 0.15) is 65.5 Å². The van der Waals surface area contributed by atoms with Gasteiger partial charge >= 0.3 is 0 Å². The molecule has 4 fully saturated rings. The van der Waals surface area contributed by atoms with Gasteiger partial charge in [0.2, 0.25) is 11.8 Å². The molecule has 3 amide bonds. The van der Waals surface area contributed by atoms with Crippen molar-refractivity contribution in [1.29, 1.82) is 0 Å². The summed E-state index contributed by atoms with van der Waals surface area (Å²) < 4.78 is 34.9. The Morgan fingerprint density at radius 3 is 2.44 bits per heavy atom. The first-order valence-corrected chi connectivity index (χ1v) is 22.8. The van der Waals surface area contributed by atoms with Gasteiger partial charge in [-0.1, -0.05) is 12.1 Å². The van der Waals surface area contributed by atoms with Crippen LogP contribution in [-0.4, -0.2) is 107 Å². The van der Waals surface area contributed by atoms with E-state index in [-0.39, 0.29) is 36.3 Å². The summed E-state index contributed by atoms with van der Waals surface area (Å²) in [6.07, 6.45) is 3.44. The molecule has 0 bridgehead atoms. The minimum Gasteiger partial charge on any atom is -0.381 e. The van der Waals surface area contributed by atoms with Crippen LogP contribution < -0.4 is 31.3 Å². The van der Waals surface area contributed by atoms with Gasteiger partial charge in [0.1, 0.15) is 23.5 Å². The lowest BCUT2D eigenvalue weighted by molar-refractivity contribution is -0.135. The first-order valence-electron chi connectivity index (χ1n) is 22.8. The van der Waals surface area contributed by atoms with Gasteiger partial charge in [-0.3, -0.25) is 39.1 Å². The average Bonchev–Trinajstić information content (AvgIpc) is 3.68. The zero-order valence-corrected chi connectivity index (χ0v) is 36.7. The van der Waals surface area contributed by atoms with E-state index < -0.39 is 23.6 Å². The molecule has 6 aromatic rings. The molecule has 17 heteroatoms. The van der Waals surface area contributed by atoms with Crippen LogP contribution in [0.15, 0.2) is 77.6 Å². The quantitative estimate of drug-likeness (QED) is 0.108. The van der Waals surface area contributed by atoms with Crippen molar-refractivity contribution in [2.45, 2.75) is 57.5 Å². The number of rotatable bonds is 12. The Kier molecular flexibility index (Phi) is 12.0.